The Morgan fingerprint density at radius 3 is 1.00 bits per heavy atom. The maximum atomic E-state index is 2.49. The van der Waals surface area contributed by atoms with Crippen molar-refractivity contribution in [1.29, 1.82) is 0 Å². The largest absolute Gasteiger partial charge is 0.0950 e. The van der Waals surface area contributed by atoms with Crippen LogP contribution < -0.4 is 0 Å². The van der Waals surface area contributed by atoms with E-state index in [1.54, 1.807) is 0 Å². The van der Waals surface area contributed by atoms with Crippen molar-refractivity contribution in [3.05, 3.63) is 46.8 Å². The summed E-state index contributed by atoms with van der Waals surface area (Å²) >= 11 is 0. The molecule has 0 saturated heterocycles. The van der Waals surface area contributed by atoms with Gasteiger partial charge in [-0.25, -0.2) is 0 Å². The molecule has 1 aromatic rings. The zero-order chi connectivity index (χ0) is 18.3. The Kier molecular flexibility index (Phi) is 9.00. The van der Waals surface area contributed by atoms with Gasteiger partial charge in [0, 0.05) is 0 Å². The van der Waals surface area contributed by atoms with Gasteiger partial charge in [-0.15, -0.1) is 0 Å². The van der Waals surface area contributed by atoms with Gasteiger partial charge in [0.2, 0.25) is 0 Å². The van der Waals surface area contributed by atoms with Gasteiger partial charge in [0.15, 0.2) is 0 Å². The van der Waals surface area contributed by atoms with Crippen LogP contribution in [0.2, 0.25) is 22.2 Å². The Labute approximate surface area is 154 Å². The highest BCUT2D eigenvalue weighted by Gasteiger charge is 2.17. The number of rotatable bonds is 8. The molecule has 0 saturated carbocycles. The summed E-state index contributed by atoms with van der Waals surface area (Å²) in [6.45, 7) is 18.9. The quantitative estimate of drug-likeness (QED) is 0.425. The van der Waals surface area contributed by atoms with Gasteiger partial charge in [0.05, 0.1) is 17.6 Å². The van der Waals surface area contributed by atoms with E-state index in [9.17, 15) is 0 Å². The van der Waals surface area contributed by atoms with Crippen molar-refractivity contribution in [2.24, 2.45) is 0 Å². The van der Waals surface area contributed by atoms with Crippen LogP contribution in [-0.4, -0.2) is 17.6 Å². The van der Waals surface area contributed by atoms with Crippen molar-refractivity contribution in [1.82, 2.24) is 0 Å². The minimum absolute atomic E-state index is 0.417. The van der Waals surface area contributed by atoms with Crippen LogP contribution in [0.25, 0.3) is 12.2 Å². The maximum Gasteiger partial charge on any atom is 0.0812 e. The van der Waals surface area contributed by atoms with Crippen LogP contribution in [0, 0.1) is 0 Å². The molecule has 0 nitrogen and oxygen atoms in total. The second-order valence-corrected chi connectivity index (χ2v) is 15.2. The second kappa shape index (κ2) is 10.2. The van der Waals surface area contributed by atoms with Crippen LogP contribution in [0.3, 0.4) is 0 Å². The van der Waals surface area contributed by atoms with Gasteiger partial charge in [0.25, 0.3) is 0 Å². The third-order valence-corrected chi connectivity index (χ3v) is 11.0. The summed E-state index contributed by atoms with van der Waals surface area (Å²) in [5.41, 5.74) is 10.8. The Hall–Kier alpha value is -0.866. The third kappa shape index (κ3) is 6.94. The number of hydrogen-bond acceptors (Lipinski definition) is 0. The van der Waals surface area contributed by atoms with Crippen LogP contribution >= 0.6 is 0 Å². The highest BCUT2D eigenvalue weighted by atomic mass is 28.3. The lowest BCUT2D eigenvalue weighted by molar-refractivity contribution is 0.950. The molecule has 0 aromatic heterocycles. The van der Waals surface area contributed by atoms with Crippen LogP contribution in [0.1, 0.15) is 66.5 Å². The Morgan fingerprint density at radius 1 is 0.542 bits per heavy atom. The second-order valence-electron chi connectivity index (χ2n) is 7.95. The van der Waals surface area contributed by atoms with E-state index in [0.717, 1.165) is 22.2 Å². The normalized spacial score (nSPS) is 13.2. The fraction of sp³-hybridized carbons (Fsp3) is 0.545. The highest BCUT2D eigenvalue weighted by molar-refractivity contribution is 6.68. The van der Waals surface area contributed by atoms with Gasteiger partial charge in [-0.05, 0) is 33.3 Å². The first-order valence-corrected chi connectivity index (χ1v) is 12.9. The lowest BCUT2D eigenvalue weighted by Gasteiger charge is -2.18. The lowest BCUT2D eigenvalue weighted by Crippen LogP contribution is -2.18. The van der Waals surface area contributed by atoms with Gasteiger partial charge >= 0.3 is 0 Å². The van der Waals surface area contributed by atoms with Crippen LogP contribution in [-0.2, 0) is 0 Å². The molecular formula is C22H36Si2. The molecule has 0 amide bonds. The fourth-order valence-electron chi connectivity index (χ4n) is 3.21. The maximum absolute atomic E-state index is 2.49. The van der Waals surface area contributed by atoms with Crippen LogP contribution in [0.4, 0.5) is 0 Å². The van der Waals surface area contributed by atoms with Gasteiger partial charge in [0.1, 0.15) is 0 Å². The summed E-state index contributed by atoms with van der Waals surface area (Å²) in [4.78, 5) is 0. The summed E-state index contributed by atoms with van der Waals surface area (Å²) in [5, 5.41) is 0. The van der Waals surface area contributed by atoms with Crippen molar-refractivity contribution >= 4 is 29.7 Å². The Bertz CT molecular complexity index is 456. The lowest BCUT2D eigenvalue weighted by atomic mass is 10.1. The summed E-state index contributed by atoms with van der Waals surface area (Å²) in [6.07, 6.45) is 4.67. The van der Waals surface area contributed by atoms with E-state index in [1.807, 2.05) is 0 Å². The van der Waals surface area contributed by atoms with Gasteiger partial charge in [-0.1, -0.05) is 103 Å². The fourth-order valence-corrected chi connectivity index (χ4v) is 8.18. The third-order valence-electron chi connectivity index (χ3n) is 4.54. The first kappa shape index (κ1) is 21.2. The van der Waals surface area contributed by atoms with E-state index in [-0.39, 0.29) is 0 Å². The molecule has 0 fully saturated rings. The molecule has 0 unspecified atom stereocenters. The molecule has 1 rings (SSSR count). The van der Waals surface area contributed by atoms with Crippen molar-refractivity contribution in [3.63, 3.8) is 0 Å². The van der Waals surface area contributed by atoms with E-state index in [1.165, 1.54) is 11.1 Å². The molecule has 132 valence electrons. The first-order valence-electron chi connectivity index (χ1n) is 9.42. The van der Waals surface area contributed by atoms with Crippen molar-refractivity contribution < 1.29 is 0 Å². The molecule has 0 heterocycles. The molecule has 24 heavy (non-hydrogen) atoms. The minimum Gasteiger partial charge on any atom is -0.0950 e. The standard InChI is InChI=1S/C22H36Si2/c1-17(2)23(18(3)4)15-13-21-9-11-22(12-10-21)14-16-24(19(5)6)20(7)8/h9-20H,1-8H3/b15-13+,16-14+. The molecule has 0 aliphatic heterocycles. The molecule has 0 N–H and O–H groups in total. The minimum atomic E-state index is -0.417. The molecule has 0 atom stereocenters. The summed E-state index contributed by atoms with van der Waals surface area (Å²) < 4.78 is 0. The SMILES string of the molecule is CC(C)[Si](/C=C/c1ccc(/C=C/[Si](C(C)C)C(C)C)cc1)C(C)C. The molecule has 0 bridgehead atoms. The van der Waals surface area contributed by atoms with Crippen molar-refractivity contribution in [2.75, 3.05) is 0 Å². The Morgan fingerprint density at radius 2 is 0.792 bits per heavy atom. The van der Waals surface area contributed by atoms with E-state index in [4.69, 9.17) is 0 Å². The van der Waals surface area contributed by atoms with E-state index in [0.29, 0.717) is 0 Å². The van der Waals surface area contributed by atoms with E-state index in [2.05, 4.69) is 103 Å². The molecular weight excluding hydrogens is 320 g/mol. The molecule has 0 spiro atoms. The predicted molar refractivity (Wildman–Crippen MR) is 116 cm³/mol. The summed E-state index contributed by atoms with van der Waals surface area (Å²) in [5.74, 6) is 0. The average Bonchev–Trinajstić information content (AvgIpc) is 2.47. The van der Waals surface area contributed by atoms with Crippen LogP contribution in [0.5, 0.6) is 0 Å². The zero-order valence-electron chi connectivity index (χ0n) is 16.9. The topological polar surface area (TPSA) is 0 Å². The average molecular weight is 357 g/mol. The zero-order valence-corrected chi connectivity index (χ0v) is 18.9. The van der Waals surface area contributed by atoms with Gasteiger partial charge in [-0.3, -0.25) is 0 Å². The van der Waals surface area contributed by atoms with Crippen LogP contribution in [0.15, 0.2) is 35.7 Å². The highest BCUT2D eigenvalue weighted by Crippen LogP contribution is 2.23. The van der Waals surface area contributed by atoms with Gasteiger partial charge in [-0.2, -0.15) is 0 Å². The molecule has 2 heteroatoms. The predicted octanol–water partition coefficient (Wildman–Crippen LogP) is 7.42. The van der Waals surface area contributed by atoms with Crippen molar-refractivity contribution in [3.8, 4) is 0 Å². The molecule has 2 radical (unpaired) electrons. The monoisotopic (exact) mass is 356 g/mol. The molecule has 0 aliphatic carbocycles. The van der Waals surface area contributed by atoms with Crippen molar-refractivity contribution in [2.45, 2.75) is 77.6 Å². The summed E-state index contributed by atoms with van der Waals surface area (Å²) in [7, 11) is -0.833. The van der Waals surface area contributed by atoms with Gasteiger partial charge < -0.3 is 0 Å². The van der Waals surface area contributed by atoms with E-state index < -0.39 is 17.6 Å². The molecule has 1 aromatic carbocycles. The smallest absolute Gasteiger partial charge is 0.0812 e. The number of benzene rings is 1. The Balaban J connectivity index is 2.79. The molecule has 0 aliphatic rings. The van der Waals surface area contributed by atoms with E-state index >= 15 is 0 Å². The number of hydrogen-bond donors (Lipinski definition) is 0. The first-order chi connectivity index (χ1) is 11.2. The summed E-state index contributed by atoms with van der Waals surface area (Å²) in [6, 6.07) is 9.03.